The molecule has 0 aliphatic carbocycles. The molecule has 0 aromatic carbocycles. The third-order valence-corrected chi connectivity index (χ3v) is 7.98. The number of phosphoric acid groups is 1. The summed E-state index contributed by atoms with van der Waals surface area (Å²) in [6.45, 7) is 4.99. The van der Waals surface area contributed by atoms with Gasteiger partial charge in [-0.05, 0) is 19.3 Å². The van der Waals surface area contributed by atoms with Gasteiger partial charge in [0.25, 0.3) is 0 Å². The summed E-state index contributed by atoms with van der Waals surface area (Å²) < 4.78 is 23.3. The van der Waals surface area contributed by atoms with Crippen LogP contribution < -0.4 is 0 Å². The molecule has 0 rings (SSSR count). The molecule has 222 valence electrons. The first-order valence-electron chi connectivity index (χ1n) is 15.5. The minimum atomic E-state index is -4.07. The second kappa shape index (κ2) is 23.6. The number of hydrogen-bond donors (Lipinski definition) is 1. The molecule has 2 unspecified atom stereocenters. The molecule has 0 heterocycles. The summed E-state index contributed by atoms with van der Waals surface area (Å²) in [7, 11) is 2.14. The first-order valence-corrected chi connectivity index (χ1v) is 17.0. The Kier molecular flexibility index (Phi) is 23.4. The molecule has 0 fully saturated rings. The van der Waals surface area contributed by atoms with E-state index in [4.69, 9.17) is 9.05 Å². The van der Waals surface area contributed by atoms with E-state index in [2.05, 4.69) is 28.1 Å². The SMILES string of the molecule is CCCCCCCCCCCCCCCCCCCC(COP(=O)(O)OCCC[N+](C)(C)C)CC(C)=O. The van der Waals surface area contributed by atoms with Gasteiger partial charge in [0.15, 0.2) is 0 Å². The van der Waals surface area contributed by atoms with Crippen LogP contribution in [0.4, 0.5) is 0 Å². The topological polar surface area (TPSA) is 72.8 Å². The fourth-order valence-electron chi connectivity index (χ4n) is 4.76. The van der Waals surface area contributed by atoms with Crippen LogP contribution in [0.25, 0.3) is 0 Å². The Morgan fingerprint density at radius 2 is 1.16 bits per heavy atom. The Morgan fingerprint density at radius 3 is 1.57 bits per heavy atom. The molecule has 7 heteroatoms. The second-order valence-corrected chi connectivity index (χ2v) is 13.6. The van der Waals surface area contributed by atoms with E-state index < -0.39 is 7.82 Å². The molecule has 0 aromatic heterocycles. The van der Waals surface area contributed by atoms with E-state index >= 15 is 0 Å². The summed E-state index contributed by atoms with van der Waals surface area (Å²) in [6.07, 6.45) is 24.7. The maximum absolute atomic E-state index is 12.2. The summed E-state index contributed by atoms with van der Waals surface area (Å²) in [5.74, 6) is 0.0707. The van der Waals surface area contributed by atoms with Crippen molar-refractivity contribution in [3.63, 3.8) is 0 Å². The Morgan fingerprint density at radius 1 is 0.730 bits per heavy atom. The van der Waals surface area contributed by atoms with Gasteiger partial charge in [0.05, 0.1) is 40.9 Å². The molecular weight excluding hydrogens is 485 g/mol. The van der Waals surface area contributed by atoms with Crippen LogP contribution in [0.15, 0.2) is 0 Å². The van der Waals surface area contributed by atoms with Crippen LogP contribution in [0.3, 0.4) is 0 Å². The van der Waals surface area contributed by atoms with E-state index in [-0.39, 0.29) is 24.9 Å². The third kappa shape index (κ3) is 28.6. The lowest BCUT2D eigenvalue weighted by Gasteiger charge is -2.24. The van der Waals surface area contributed by atoms with Gasteiger partial charge in [-0.25, -0.2) is 4.57 Å². The summed E-state index contributed by atoms with van der Waals surface area (Å²) in [6, 6.07) is 0. The molecule has 0 spiro atoms. The van der Waals surface area contributed by atoms with Gasteiger partial charge in [0.1, 0.15) is 5.78 Å². The zero-order chi connectivity index (χ0) is 27.8. The van der Waals surface area contributed by atoms with Crippen LogP contribution in [-0.4, -0.2) is 56.1 Å². The van der Waals surface area contributed by atoms with Gasteiger partial charge < -0.3 is 14.2 Å². The largest absolute Gasteiger partial charge is 0.472 e. The van der Waals surface area contributed by atoms with Gasteiger partial charge in [0, 0.05) is 12.8 Å². The van der Waals surface area contributed by atoms with Gasteiger partial charge in [-0.1, -0.05) is 116 Å². The molecule has 0 amide bonds. The first-order chi connectivity index (χ1) is 17.6. The van der Waals surface area contributed by atoms with E-state index in [1.54, 1.807) is 6.92 Å². The molecule has 6 nitrogen and oxygen atoms in total. The molecule has 0 saturated carbocycles. The Bertz CT molecular complexity index is 579. The fraction of sp³-hybridized carbons (Fsp3) is 0.967. The average Bonchev–Trinajstić information content (AvgIpc) is 2.81. The molecule has 37 heavy (non-hydrogen) atoms. The number of unbranched alkanes of at least 4 members (excludes halogenated alkanes) is 16. The monoisotopic (exact) mass is 548 g/mol. The summed E-state index contributed by atoms with van der Waals surface area (Å²) >= 11 is 0. The van der Waals surface area contributed by atoms with Gasteiger partial charge in [-0.15, -0.1) is 0 Å². The summed E-state index contributed by atoms with van der Waals surface area (Å²) in [5, 5.41) is 0. The molecule has 0 saturated heterocycles. The molecular formula is C30H63NO5P+. The molecule has 0 radical (unpaired) electrons. The van der Waals surface area contributed by atoms with Crippen LogP contribution in [0.5, 0.6) is 0 Å². The number of carbonyl (C=O) groups excluding carboxylic acids is 1. The number of nitrogens with zero attached hydrogens (tertiary/aromatic N) is 1. The van der Waals surface area contributed by atoms with Crippen LogP contribution in [0.1, 0.15) is 142 Å². The van der Waals surface area contributed by atoms with Gasteiger partial charge in [-0.2, -0.15) is 0 Å². The van der Waals surface area contributed by atoms with Crippen molar-refractivity contribution in [3.05, 3.63) is 0 Å². The van der Waals surface area contributed by atoms with Crippen molar-refractivity contribution in [1.29, 1.82) is 0 Å². The molecule has 0 aromatic rings. The Balaban J connectivity index is 3.75. The second-order valence-electron chi connectivity index (χ2n) is 12.2. The van der Waals surface area contributed by atoms with E-state index in [0.717, 1.165) is 30.3 Å². The van der Waals surface area contributed by atoms with Crippen LogP contribution in [0, 0.1) is 5.92 Å². The number of carbonyl (C=O) groups is 1. The fourth-order valence-corrected chi connectivity index (χ4v) is 5.60. The maximum Gasteiger partial charge on any atom is 0.472 e. The van der Waals surface area contributed by atoms with Crippen molar-refractivity contribution in [1.82, 2.24) is 0 Å². The standard InChI is InChI=1S/C30H62NO5P/c1-6-7-8-9-10-11-12-13-14-15-16-17-18-19-20-21-22-24-30(27-29(2)32)28-36-37(33,34)35-26-23-25-31(3,4)5/h30H,6-28H2,1-5H3/p+1. The van der Waals surface area contributed by atoms with E-state index in [9.17, 15) is 14.3 Å². The minimum absolute atomic E-state index is 0.0239. The van der Waals surface area contributed by atoms with E-state index in [0.29, 0.717) is 12.8 Å². The number of ketones is 1. The quantitative estimate of drug-likeness (QED) is 0.0600. The zero-order valence-electron chi connectivity index (χ0n) is 25.3. The van der Waals surface area contributed by atoms with Crippen molar-refractivity contribution in [2.75, 3.05) is 40.9 Å². The zero-order valence-corrected chi connectivity index (χ0v) is 26.2. The maximum atomic E-state index is 12.2. The predicted molar refractivity (Wildman–Crippen MR) is 157 cm³/mol. The van der Waals surface area contributed by atoms with Crippen molar-refractivity contribution >= 4 is 13.6 Å². The van der Waals surface area contributed by atoms with Crippen molar-refractivity contribution in [2.45, 2.75) is 142 Å². The first kappa shape index (κ1) is 36.7. The number of Topliss-reactive ketones (excluding diaryl/α,β-unsaturated/α-hetero) is 1. The highest BCUT2D eigenvalue weighted by Gasteiger charge is 2.24. The summed E-state index contributed by atoms with van der Waals surface area (Å²) in [5.41, 5.74) is 0. The number of rotatable bonds is 28. The molecule has 0 aliphatic heterocycles. The van der Waals surface area contributed by atoms with Crippen molar-refractivity contribution < 1.29 is 27.8 Å². The number of phosphoric ester groups is 1. The molecule has 0 bridgehead atoms. The smallest absolute Gasteiger partial charge is 0.331 e. The highest BCUT2D eigenvalue weighted by molar-refractivity contribution is 7.47. The lowest BCUT2D eigenvalue weighted by atomic mass is 9.96. The van der Waals surface area contributed by atoms with Crippen molar-refractivity contribution in [3.8, 4) is 0 Å². The van der Waals surface area contributed by atoms with Crippen LogP contribution in [-0.2, 0) is 18.4 Å². The van der Waals surface area contributed by atoms with Crippen LogP contribution >= 0.6 is 7.82 Å². The lowest BCUT2D eigenvalue weighted by molar-refractivity contribution is -0.870. The van der Waals surface area contributed by atoms with Gasteiger partial charge in [-0.3, -0.25) is 9.05 Å². The van der Waals surface area contributed by atoms with Crippen molar-refractivity contribution in [2.24, 2.45) is 5.92 Å². The van der Waals surface area contributed by atoms with E-state index in [1.807, 2.05) is 0 Å². The number of hydrogen-bond acceptors (Lipinski definition) is 4. The molecule has 2 atom stereocenters. The van der Waals surface area contributed by atoms with Gasteiger partial charge >= 0.3 is 7.82 Å². The molecule has 0 aliphatic rings. The summed E-state index contributed by atoms with van der Waals surface area (Å²) in [4.78, 5) is 21.6. The highest BCUT2D eigenvalue weighted by Crippen LogP contribution is 2.44. The lowest BCUT2D eigenvalue weighted by Crippen LogP contribution is -2.35. The predicted octanol–water partition coefficient (Wildman–Crippen LogP) is 8.85. The normalized spacial score (nSPS) is 14.5. The average molecular weight is 549 g/mol. The Hall–Kier alpha value is -0.260. The Labute approximate surface area is 230 Å². The number of quaternary nitrogens is 1. The van der Waals surface area contributed by atoms with Gasteiger partial charge in [0.2, 0.25) is 0 Å². The van der Waals surface area contributed by atoms with E-state index in [1.165, 1.54) is 96.3 Å². The minimum Gasteiger partial charge on any atom is -0.331 e. The molecule has 1 N–H and O–H groups in total. The third-order valence-electron chi connectivity index (χ3n) is 6.99. The highest BCUT2D eigenvalue weighted by atomic mass is 31.2. The van der Waals surface area contributed by atoms with Crippen LogP contribution in [0.2, 0.25) is 0 Å².